The van der Waals surface area contributed by atoms with Crippen molar-refractivity contribution in [2.75, 3.05) is 36.2 Å². The van der Waals surface area contributed by atoms with Crippen LogP contribution in [-0.2, 0) is 0 Å². The maximum atomic E-state index is 5.52. The number of hydrogen-bond acceptors (Lipinski definition) is 5. The fourth-order valence-corrected chi connectivity index (χ4v) is 1.35. The molecule has 1 heterocycles. The van der Waals surface area contributed by atoms with E-state index in [-0.39, 0.29) is 0 Å². The highest BCUT2D eigenvalue weighted by molar-refractivity contribution is 7.98. The van der Waals surface area contributed by atoms with Crippen LogP contribution in [0, 0.1) is 0 Å². The predicted molar refractivity (Wildman–Crippen MR) is 58.1 cm³/mol. The Balaban J connectivity index is 2.60. The molecule has 0 atom stereocenters. The second kappa shape index (κ2) is 4.91. The molecule has 0 saturated carbocycles. The van der Waals surface area contributed by atoms with Crippen molar-refractivity contribution in [3.8, 4) is 0 Å². The third kappa shape index (κ3) is 3.10. The molecule has 1 rings (SSSR count). The molecule has 0 spiro atoms. The van der Waals surface area contributed by atoms with Crippen LogP contribution in [0.5, 0.6) is 0 Å². The van der Waals surface area contributed by atoms with Gasteiger partial charge in [0.05, 0.1) is 12.4 Å². The first-order chi connectivity index (χ1) is 6.24. The van der Waals surface area contributed by atoms with Crippen molar-refractivity contribution in [2.45, 2.75) is 0 Å². The van der Waals surface area contributed by atoms with Gasteiger partial charge in [-0.2, -0.15) is 11.8 Å². The van der Waals surface area contributed by atoms with Crippen molar-refractivity contribution in [1.29, 1.82) is 0 Å². The van der Waals surface area contributed by atoms with Gasteiger partial charge in [0.2, 0.25) is 0 Å². The van der Waals surface area contributed by atoms with Gasteiger partial charge in [-0.3, -0.25) is 4.98 Å². The van der Waals surface area contributed by atoms with Gasteiger partial charge < -0.3 is 10.6 Å². The normalized spacial score (nSPS) is 10.0. The van der Waals surface area contributed by atoms with E-state index in [4.69, 9.17) is 5.73 Å². The van der Waals surface area contributed by atoms with Crippen LogP contribution in [0.4, 0.5) is 11.6 Å². The summed E-state index contributed by atoms with van der Waals surface area (Å²) in [5.74, 6) is 2.37. The van der Waals surface area contributed by atoms with Crippen molar-refractivity contribution < 1.29 is 0 Å². The lowest BCUT2D eigenvalue weighted by Crippen LogP contribution is -2.21. The van der Waals surface area contributed by atoms with Gasteiger partial charge in [-0.25, -0.2) is 4.98 Å². The Labute approximate surface area is 82.6 Å². The maximum Gasteiger partial charge on any atom is 0.149 e. The number of nitrogens with two attached hydrogens (primary N) is 1. The summed E-state index contributed by atoms with van der Waals surface area (Å²) in [5, 5.41) is 0. The first kappa shape index (κ1) is 10.1. The highest BCUT2D eigenvalue weighted by atomic mass is 32.2. The Bertz CT molecular complexity index is 266. The number of nitrogen functional groups attached to an aromatic ring is 1. The van der Waals surface area contributed by atoms with E-state index in [9.17, 15) is 0 Å². The lowest BCUT2D eigenvalue weighted by molar-refractivity contribution is 0.938. The summed E-state index contributed by atoms with van der Waals surface area (Å²) in [7, 11) is 1.99. The van der Waals surface area contributed by atoms with Gasteiger partial charge in [0, 0.05) is 19.3 Å². The summed E-state index contributed by atoms with van der Waals surface area (Å²) in [5.41, 5.74) is 5.52. The van der Waals surface area contributed by atoms with Crippen LogP contribution >= 0.6 is 11.8 Å². The average molecular weight is 198 g/mol. The molecule has 0 unspecified atom stereocenters. The Morgan fingerprint density at radius 2 is 2.31 bits per heavy atom. The Hall–Kier alpha value is -0.970. The van der Waals surface area contributed by atoms with E-state index in [1.807, 2.05) is 23.7 Å². The number of rotatable bonds is 4. The smallest absolute Gasteiger partial charge is 0.149 e. The average Bonchev–Trinajstić information content (AvgIpc) is 2.14. The van der Waals surface area contributed by atoms with Gasteiger partial charge in [0.25, 0.3) is 0 Å². The summed E-state index contributed by atoms with van der Waals surface area (Å²) >= 11 is 1.81. The summed E-state index contributed by atoms with van der Waals surface area (Å²) < 4.78 is 0. The first-order valence-corrected chi connectivity index (χ1v) is 5.41. The van der Waals surface area contributed by atoms with Crippen molar-refractivity contribution in [3.05, 3.63) is 12.4 Å². The van der Waals surface area contributed by atoms with Crippen LogP contribution in [0.3, 0.4) is 0 Å². The summed E-state index contributed by atoms with van der Waals surface area (Å²) in [4.78, 5) is 10.2. The maximum absolute atomic E-state index is 5.52. The third-order valence-corrected chi connectivity index (χ3v) is 2.25. The van der Waals surface area contributed by atoms with Gasteiger partial charge in [0.1, 0.15) is 11.6 Å². The molecule has 0 radical (unpaired) electrons. The second-order valence-corrected chi connectivity index (χ2v) is 3.70. The molecule has 13 heavy (non-hydrogen) atoms. The Kier molecular flexibility index (Phi) is 3.82. The third-order valence-electron chi connectivity index (χ3n) is 1.66. The number of nitrogens with zero attached hydrogens (tertiary/aromatic N) is 3. The zero-order valence-electron chi connectivity index (χ0n) is 7.90. The van der Waals surface area contributed by atoms with E-state index < -0.39 is 0 Å². The van der Waals surface area contributed by atoms with Crippen LogP contribution in [-0.4, -0.2) is 35.6 Å². The van der Waals surface area contributed by atoms with E-state index >= 15 is 0 Å². The minimum absolute atomic E-state index is 0.466. The van der Waals surface area contributed by atoms with Crippen LogP contribution in [0.2, 0.25) is 0 Å². The largest absolute Gasteiger partial charge is 0.382 e. The van der Waals surface area contributed by atoms with E-state index in [1.54, 1.807) is 12.4 Å². The molecule has 2 N–H and O–H groups in total. The van der Waals surface area contributed by atoms with Crippen LogP contribution < -0.4 is 10.6 Å². The van der Waals surface area contributed by atoms with E-state index in [0.29, 0.717) is 5.82 Å². The van der Waals surface area contributed by atoms with Crippen LogP contribution in [0.1, 0.15) is 0 Å². The highest BCUT2D eigenvalue weighted by Crippen LogP contribution is 2.08. The molecule has 0 aliphatic rings. The molecule has 0 bridgehead atoms. The fraction of sp³-hybridized carbons (Fsp3) is 0.500. The number of anilines is 2. The lowest BCUT2D eigenvalue weighted by atomic mass is 10.5. The number of thioether (sulfide) groups is 1. The molecule has 4 nitrogen and oxygen atoms in total. The monoisotopic (exact) mass is 198 g/mol. The molecule has 0 amide bonds. The standard InChI is InChI=1S/C8H14N4S/c1-12(3-4-13-2)8-6-10-5-7(9)11-8/h5-6H,3-4H2,1-2H3,(H2,9,11). The Morgan fingerprint density at radius 1 is 1.54 bits per heavy atom. The van der Waals surface area contributed by atoms with Gasteiger partial charge in [-0.1, -0.05) is 0 Å². The van der Waals surface area contributed by atoms with E-state index in [1.165, 1.54) is 0 Å². The molecule has 0 aromatic carbocycles. The first-order valence-electron chi connectivity index (χ1n) is 4.01. The van der Waals surface area contributed by atoms with Crippen LogP contribution in [0.15, 0.2) is 12.4 Å². The van der Waals surface area contributed by atoms with E-state index in [2.05, 4.69) is 16.2 Å². The zero-order chi connectivity index (χ0) is 9.68. The molecular weight excluding hydrogens is 184 g/mol. The van der Waals surface area contributed by atoms with Gasteiger partial charge in [-0.05, 0) is 6.26 Å². The van der Waals surface area contributed by atoms with Gasteiger partial charge in [0.15, 0.2) is 0 Å². The van der Waals surface area contributed by atoms with Crippen molar-refractivity contribution in [2.24, 2.45) is 0 Å². The quantitative estimate of drug-likeness (QED) is 0.777. The molecule has 0 aliphatic carbocycles. The van der Waals surface area contributed by atoms with Gasteiger partial charge in [-0.15, -0.1) is 0 Å². The minimum Gasteiger partial charge on any atom is -0.382 e. The van der Waals surface area contributed by atoms with E-state index in [0.717, 1.165) is 18.1 Å². The second-order valence-electron chi connectivity index (χ2n) is 2.72. The molecule has 1 aromatic rings. The minimum atomic E-state index is 0.466. The zero-order valence-corrected chi connectivity index (χ0v) is 8.71. The molecule has 1 aromatic heterocycles. The fourth-order valence-electron chi connectivity index (χ4n) is 0.897. The molecular formula is C8H14N4S. The highest BCUT2D eigenvalue weighted by Gasteiger charge is 2.01. The van der Waals surface area contributed by atoms with Gasteiger partial charge >= 0.3 is 0 Å². The van der Waals surface area contributed by atoms with Crippen LogP contribution in [0.25, 0.3) is 0 Å². The predicted octanol–water partition coefficient (Wildman–Crippen LogP) is 0.858. The number of hydrogen-bond donors (Lipinski definition) is 1. The number of aromatic nitrogens is 2. The molecule has 5 heteroatoms. The SMILES string of the molecule is CSCCN(C)c1cncc(N)n1. The molecule has 0 aliphatic heterocycles. The van der Waals surface area contributed by atoms with Crippen molar-refractivity contribution in [1.82, 2.24) is 9.97 Å². The molecule has 0 saturated heterocycles. The lowest BCUT2D eigenvalue weighted by Gasteiger charge is -2.16. The summed E-state index contributed by atoms with van der Waals surface area (Å²) in [6.45, 7) is 0.958. The Morgan fingerprint density at radius 3 is 2.92 bits per heavy atom. The van der Waals surface area contributed by atoms with Crippen molar-refractivity contribution >= 4 is 23.4 Å². The summed E-state index contributed by atoms with van der Waals surface area (Å²) in [6.07, 6.45) is 5.35. The van der Waals surface area contributed by atoms with Crippen molar-refractivity contribution in [3.63, 3.8) is 0 Å². The topological polar surface area (TPSA) is 55.0 Å². The summed E-state index contributed by atoms with van der Waals surface area (Å²) in [6, 6.07) is 0. The molecule has 0 fully saturated rings. The molecule has 72 valence electrons.